The van der Waals surface area contributed by atoms with Crippen molar-refractivity contribution in [3.05, 3.63) is 33.1 Å². The minimum atomic E-state index is -2.81. The second-order valence-corrected chi connectivity index (χ2v) is 8.21. The van der Waals surface area contributed by atoms with Crippen LogP contribution in [0.1, 0.15) is 40.3 Å². The fraction of sp³-hybridized carbons (Fsp3) is 0.688. The van der Waals surface area contributed by atoms with Crippen molar-refractivity contribution in [2.24, 2.45) is 0 Å². The number of nitrogens with zero attached hydrogens (tertiary/aromatic N) is 1. The van der Waals surface area contributed by atoms with Gasteiger partial charge in [-0.05, 0) is 27.7 Å². The van der Waals surface area contributed by atoms with Crippen LogP contribution in [0.4, 0.5) is 4.39 Å². The summed E-state index contributed by atoms with van der Waals surface area (Å²) < 4.78 is 43.5. The smallest absolute Gasteiger partial charge is 0.330 e. The van der Waals surface area contributed by atoms with Crippen molar-refractivity contribution in [2.75, 3.05) is 6.61 Å². The van der Waals surface area contributed by atoms with Crippen molar-refractivity contribution < 1.29 is 27.7 Å². The zero-order valence-corrected chi connectivity index (χ0v) is 17.1. The van der Waals surface area contributed by atoms with Crippen LogP contribution >= 0.6 is 8.18 Å². The molecule has 12 heteroatoms. The highest BCUT2D eigenvalue weighted by atomic mass is 31.1. The quantitative estimate of drug-likeness (QED) is 0.468. The molecule has 10 nitrogen and oxygen atoms in total. The maximum atomic E-state index is 14.9. The summed E-state index contributed by atoms with van der Waals surface area (Å²) in [6.45, 7) is 5.94. The molecule has 0 aromatic carbocycles. The zero-order chi connectivity index (χ0) is 21.1. The van der Waals surface area contributed by atoms with Gasteiger partial charge >= 0.3 is 11.7 Å². The first-order valence-electron chi connectivity index (χ1n) is 8.79. The van der Waals surface area contributed by atoms with Crippen LogP contribution in [0.5, 0.6) is 0 Å². The molecule has 0 saturated carbocycles. The summed E-state index contributed by atoms with van der Waals surface area (Å²) in [7, 11) is -2.81. The van der Waals surface area contributed by atoms with Crippen LogP contribution in [0.25, 0.3) is 0 Å². The Labute approximate surface area is 161 Å². The summed E-state index contributed by atoms with van der Waals surface area (Å²) in [5, 5.41) is 2.49. The second kappa shape index (κ2) is 9.13. The predicted molar refractivity (Wildman–Crippen MR) is 98.1 cm³/mol. The van der Waals surface area contributed by atoms with E-state index in [1.807, 2.05) is 4.98 Å². The van der Waals surface area contributed by atoms with Crippen LogP contribution in [-0.4, -0.2) is 46.0 Å². The molecule has 1 aromatic heterocycles. The molecular weight excluding hydrogens is 396 g/mol. The van der Waals surface area contributed by atoms with Gasteiger partial charge < -0.3 is 14.0 Å². The van der Waals surface area contributed by atoms with Gasteiger partial charge in [-0.1, -0.05) is 0 Å². The van der Waals surface area contributed by atoms with E-state index in [4.69, 9.17) is 14.0 Å². The molecule has 0 spiro atoms. The molecule has 1 saturated heterocycles. The normalized spacial score (nSPS) is 26.9. The van der Waals surface area contributed by atoms with E-state index in [0.717, 1.165) is 16.8 Å². The minimum Gasteiger partial charge on any atom is -0.462 e. The first kappa shape index (κ1) is 22.5. The second-order valence-electron chi connectivity index (χ2n) is 7.06. The van der Waals surface area contributed by atoms with E-state index in [1.54, 1.807) is 13.8 Å². The van der Waals surface area contributed by atoms with Crippen LogP contribution in [0.2, 0.25) is 0 Å². The average Bonchev–Trinajstić information content (AvgIpc) is 2.87. The van der Waals surface area contributed by atoms with Crippen molar-refractivity contribution in [3.63, 3.8) is 0 Å². The molecule has 0 amide bonds. The van der Waals surface area contributed by atoms with Crippen LogP contribution < -0.4 is 16.3 Å². The van der Waals surface area contributed by atoms with E-state index in [9.17, 15) is 23.3 Å². The van der Waals surface area contributed by atoms with Crippen molar-refractivity contribution >= 4 is 14.1 Å². The lowest BCUT2D eigenvalue weighted by atomic mass is 10.0. The molecule has 1 aliphatic heterocycles. The lowest BCUT2D eigenvalue weighted by molar-refractivity contribution is -0.149. The molecule has 0 radical (unpaired) electrons. The SMILES string of the molecule is CC(C)OC(=O)[C@H](C)N[PH](=O)OC[C@@H]1C[C@@](C)(F)[C@H](n2ccc(=O)[nH]c2=O)O1. The molecule has 1 unspecified atom stereocenters. The Hall–Kier alpha value is -1.81. The Morgan fingerprint density at radius 2 is 2.18 bits per heavy atom. The Morgan fingerprint density at radius 3 is 2.79 bits per heavy atom. The first-order chi connectivity index (χ1) is 13.0. The van der Waals surface area contributed by atoms with Gasteiger partial charge in [-0.3, -0.25) is 23.7 Å². The number of H-pyrrole nitrogens is 1. The highest BCUT2D eigenvalue weighted by molar-refractivity contribution is 7.36. The summed E-state index contributed by atoms with van der Waals surface area (Å²) in [5.74, 6) is -0.567. The van der Waals surface area contributed by atoms with Crippen molar-refractivity contribution in [3.8, 4) is 0 Å². The summed E-state index contributed by atoms with van der Waals surface area (Å²) in [4.78, 5) is 36.8. The van der Waals surface area contributed by atoms with Gasteiger partial charge in [-0.25, -0.2) is 14.3 Å². The fourth-order valence-corrected chi connectivity index (χ4v) is 3.66. The van der Waals surface area contributed by atoms with Crippen LogP contribution in [0.3, 0.4) is 0 Å². The number of halogens is 1. The van der Waals surface area contributed by atoms with Crippen molar-refractivity contribution in [1.82, 2.24) is 14.6 Å². The average molecular weight is 421 g/mol. The molecule has 1 fully saturated rings. The Kier molecular flexibility index (Phi) is 7.33. The number of ether oxygens (including phenoxy) is 2. The third kappa shape index (κ3) is 5.84. The van der Waals surface area contributed by atoms with Crippen LogP contribution in [-0.2, 0) is 23.4 Å². The fourth-order valence-electron chi connectivity index (χ4n) is 2.76. The summed E-state index contributed by atoms with van der Waals surface area (Å²) in [6, 6.07) is 0.252. The number of carbonyl (C=O) groups excluding carboxylic acids is 1. The standard InChI is InChI=1S/C16H25FN3O7P/c1-9(2)26-13(22)10(3)19-28(24)25-8-11-7-16(4,17)14(27-11)20-6-5-12(21)18-15(20)23/h5-6,9-11,14,28H,7-8H2,1-4H3,(H,19,24)(H,18,21,23)/t10-,11-,14+,16+/m0/s1. The number of hydrogen-bond donors (Lipinski definition) is 2. The van der Waals surface area contributed by atoms with E-state index in [0.29, 0.717) is 0 Å². The molecule has 2 rings (SSSR count). The molecule has 158 valence electrons. The van der Waals surface area contributed by atoms with Gasteiger partial charge in [0, 0.05) is 18.7 Å². The Balaban J connectivity index is 1.92. The topological polar surface area (TPSA) is 129 Å². The highest BCUT2D eigenvalue weighted by Gasteiger charge is 2.47. The Morgan fingerprint density at radius 1 is 1.50 bits per heavy atom. The van der Waals surface area contributed by atoms with Gasteiger partial charge in [0.15, 0.2) is 11.9 Å². The van der Waals surface area contributed by atoms with Gasteiger partial charge in [-0.2, -0.15) is 0 Å². The summed E-state index contributed by atoms with van der Waals surface area (Å²) in [5.41, 5.74) is -3.31. The van der Waals surface area contributed by atoms with Crippen molar-refractivity contribution in [2.45, 2.75) is 64.3 Å². The number of esters is 1. The maximum absolute atomic E-state index is 14.9. The molecule has 1 aromatic rings. The molecular formula is C16H25FN3O7P. The molecule has 2 N–H and O–H groups in total. The largest absolute Gasteiger partial charge is 0.462 e. The monoisotopic (exact) mass is 421 g/mol. The van der Waals surface area contributed by atoms with Gasteiger partial charge in [0.1, 0.15) is 6.04 Å². The van der Waals surface area contributed by atoms with Crippen molar-refractivity contribution in [1.29, 1.82) is 0 Å². The molecule has 28 heavy (non-hydrogen) atoms. The number of aromatic nitrogens is 2. The van der Waals surface area contributed by atoms with Gasteiger partial charge in [-0.15, -0.1) is 0 Å². The lowest BCUT2D eigenvalue weighted by Crippen LogP contribution is -2.38. The lowest BCUT2D eigenvalue weighted by Gasteiger charge is -2.22. The summed E-state index contributed by atoms with van der Waals surface area (Å²) >= 11 is 0. The van der Waals surface area contributed by atoms with E-state index >= 15 is 0 Å². The third-order valence-electron chi connectivity index (χ3n) is 4.01. The van der Waals surface area contributed by atoms with E-state index in [-0.39, 0.29) is 19.1 Å². The van der Waals surface area contributed by atoms with Gasteiger partial charge in [0.2, 0.25) is 0 Å². The van der Waals surface area contributed by atoms with Crippen LogP contribution in [0.15, 0.2) is 21.9 Å². The number of rotatable bonds is 8. The number of hydrogen-bond acceptors (Lipinski definition) is 7. The highest BCUT2D eigenvalue weighted by Crippen LogP contribution is 2.40. The number of carbonyl (C=O) groups is 1. The van der Waals surface area contributed by atoms with Crippen LogP contribution in [0, 0.1) is 0 Å². The molecule has 1 aliphatic rings. The van der Waals surface area contributed by atoms with E-state index in [2.05, 4.69) is 5.09 Å². The zero-order valence-electron chi connectivity index (χ0n) is 16.1. The van der Waals surface area contributed by atoms with Gasteiger partial charge in [0.05, 0.1) is 18.8 Å². The third-order valence-corrected chi connectivity index (χ3v) is 5.10. The molecule has 2 heterocycles. The molecule has 0 bridgehead atoms. The number of aromatic amines is 1. The summed E-state index contributed by atoms with van der Waals surface area (Å²) in [6.07, 6.45) is -1.29. The van der Waals surface area contributed by atoms with E-state index in [1.165, 1.54) is 13.8 Å². The predicted octanol–water partition coefficient (Wildman–Crippen LogP) is 0.888. The number of alkyl halides is 1. The van der Waals surface area contributed by atoms with Gasteiger partial charge in [0.25, 0.3) is 13.7 Å². The molecule has 0 aliphatic carbocycles. The minimum absolute atomic E-state index is 0.108. The van der Waals surface area contributed by atoms with E-state index < -0.39 is 49.4 Å². The Bertz CT molecular complexity index is 838. The first-order valence-corrected chi connectivity index (χ1v) is 10.1. The maximum Gasteiger partial charge on any atom is 0.330 e. The molecule has 5 atom stereocenters. The number of nitrogens with one attached hydrogen (secondary N) is 2.